The van der Waals surface area contributed by atoms with Gasteiger partial charge in [0.05, 0.1) is 0 Å². The van der Waals surface area contributed by atoms with E-state index in [9.17, 15) is 13.6 Å². The standard InChI is InChI=1S/C14H20F2N2O/c1-2-3-4-8-18-14(19)7-9-17-11-5-6-12(15)13(16)10-11/h5-6,10,17H,2-4,7-9H2,1H3,(H,18,19). The first-order valence-corrected chi connectivity index (χ1v) is 6.59. The number of amides is 1. The zero-order chi connectivity index (χ0) is 14.1. The SMILES string of the molecule is CCCCCNC(=O)CCNc1ccc(F)c(F)c1. The van der Waals surface area contributed by atoms with E-state index >= 15 is 0 Å². The Kier molecular flexibility index (Phi) is 6.85. The summed E-state index contributed by atoms with van der Waals surface area (Å²) >= 11 is 0. The van der Waals surface area contributed by atoms with Gasteiger partial charge in [0.2, 0.25) is 5.91 Å². The number of hydrogen-bond acceptors (Lipinski definition) is 2. The molecule has 0 bridgehead atoms. The third-order valence-electron chi connectivity index (χ3n) is 2.70. The van der Waals surface area contributed by atoms with Gasteiger partial charge >= 0.3 is 0 Å². The molecule has 0 aliphatic rings. The van der Waals surface area contributed by atoms with E-state index in [1.807, 2.05) is 0 Å². The molecule has 0 radical (unpaired) electrons. The Bertz CT molecular complexity index is 410. The highest BCUT2D eigenvalue weighted by atomic mass is 19.2. The number of rotatable bonds is 8. The minimum absolute atomic E-state index is 0.0359. The maximum atomic E-state index is 12.9. The average molecular weight is 270 g/mol. The Morgan fingerprint density at radius 2 is 1.95 bits per heavy atom. The van der Waals surface area contributed by atoms with Crippen LogP contribution in [0.2, 0.25) is 0 Å². The number of hydrogen-bond donors (Lipinski definition) is 2. The molecule has 1 aromatic rings. The summed E-state index contributed by atoms with van der Waals surface area (Å²) in [4.78, 5) is 11.4. The molecule has 0 atom stereocenters. The van der Waals surface area contributed by atoms with E-state index in [0.717, 1.165) is 31.4 Å². The molecule has 3 nitrogen and oxygen atoms in total. The molecule has 0 fully saturated rings. The van der Waals surface area contributed by atoms with Gasteiger partial charge in [0.25, 0.3) is 0 Å². The zero-order valence-corrected chi connectivity index (χ0v) is 11.1. The molecule has 0 spiro atoms. The van der Waals surface area contributed by atoms with Crippen molar-refractivity contribution in [2.75, 3.05) is 18.4 Å². The predicted molar refractivity (Wildman–Crippen MR) is 72.0 cm³/mol. The van der Waals surface area contributed by atoms with Crippen molar-refractivity contribution in [1.29, 1.82) is 0 Å². The molecule has 5 heteroatoms. The van der Waals surface area contributed by atoms with Crippen molar-refractivity contribution in [3.05, 3.63) is 29.8 Å². The number of carbonyl (C=O) groups is 1. The van der Waals surface area contributed by atoms with Crippen LogP contribution in [-0.2, 0) is 4.79 Å². The molecule has 0 saturated heterocycles. The summed E-state index contributed by atoms with van der Waals surface area (Å²) in [6.45, 7) is 3.19. The molecule has 0 aliphatic carbocycles. The fourth-order valence-corrected chi connectivity index (χ4v) is 1.62. The predicted octanol–water partition coefficient (Wildman–Crippen LogP) is 3.07. The Morgan fingerprint density at radius 3 is 2.63 bits per heavy atom. The molecular weight excluding hydrogens is 250 g/mol. The number of nitrogens with one attached hydrogen (secondary N) is 2. The van der Waals surface area contributed by atoms with Gasteiger partial charge in [-0.25, -0.2) is 8.78 Å². The van der Waals surface area contributed by atoms with E-state index in [2.05, 4.69) is 17.6 Å². The second-order valence-electron chi connectivity index (χ2n) is 4.36. The third-order valence-corrected chi connectivity index (χ3v) is 2.70. The fraction of sp³-hybridized carbons (Fsp3) is 0.500. The highest BCUT2D eigenvalue weighted by Crippen LogP contribution is 2.12. The van der Waals surface area contributed by atoms with Crippen LogP contribution in [0, 0.1) is 11.6 Å². The largest absolute Gasteiger partial charge is 0.384 e. The Hall–Kier alpha value is -1.65. The summed E-state index contributed by atoms with van der Waals surface area (Å²) in [6.07, 6.45) is 3.52. The van der Waals surface area contributed by atoms with Gasteiger partial charge in [0, 0.05) is 25.2 Å². The van der Waals surface area contributed by atoms with E-state index in [4.69, 9.17) is 0 Å². The van der Waals surface area contributed by atoms with Gasteiger partial charge in [-0.2, -0.15) is 0 Å². The fourth-order valence-electron chi connectivity index (χ4n) is 1.62. The maximum absolute atomic E-state index is 12.9. The molecule has 0 aliphatic heterocycles. The minimum Gasteiger partial charge on any atom is -0.384 e. The van der Waals surface area contributed by atoms with E-state index < -0.39 is 11.6 Å². The monoisotopic (exact) mass is 270 g/mol. The molecule has 2 N–H and O–H groups in total. The van der Waals surface area contributed by atoms with Crippen molar-refractivity contribution in [2.24, 2.45) is 0 Å². The van der Waals surface area contributed by atoms with Crippen molar-refractivity contribution in [1.82, 2.24) is 5.32 Å². The lowest BCUT2D eigenvalue weighted by Gasteiger charge is -2.07. The van der Waals surface area contributed by atoms with Crippen LogP contribution in [0.25, 0.3) is 0 Å². The van der Waals surface area contributed by atoms with Crippen LogP contribution >= 0.6 is 0 Å². The topological polar surface area (TPSA) is 41.1 Å². The highest BCUT2D eigenvalue weighted by Gasteiger charge is 2.03. The van der Waals surface area contributed by atoms with Crippen molar-refractivity contribution in [3.63, 3.8) is 0 Å². The van der Waals surface area contributed by atoms with Gasteiger partial charge in [0.1, 0.15) is 0 Å². The summed E-state index contributed by atoms with van der Waals surface area (Å²) in [7, 11) is 0. The molecule has 0 aromatic heterocycles. The quantitative estimate of drug-likeness (QED) is 0.713. The van der Waals surface area contributed by atoms with Crippen LogP contribution in [0.4, 0.5) is 14.5 Å². The van der Waals surface area contributed by atoms with Crippen molar-refractivity contribution >= 4 is 11.6 Å². The summed E-state index contributed by atoms with van der Waals surface area (Å²) < 4.78 is 25.6. The molecule has 0 saturated carbocycles. The van der Waals surface area contributed by atoms with Crippen molar-refractivity contribution in [3.8, 4) is 0 Å². The number of unbranched alkanes of at least 4 members (excludes halogenated alkanes) is 2. The highest BCUT2D eigenvalue weighted by molar-refractivity contribution is 5.76. The lowest BCUT2D eigenvalue weighted by molar-refractivity contribution is -0.120. The van der Waals surface area contributed by atoms with E-state index in [-0.39, 0.29) is 5.91 Å². The molecule has 0 heterocycles. The summed E-state index contributed by atoms with van der Waals surface area (Å²) in [5.41, 5.74) is 0.470. The Morgan fingerprint density at radius 1 is 1.16 bits per heavy atom. The van der Waals surface area contributed by atoms with Gasteiger partial charge in [-0.1, -0.05) is 19.8 Å². The second kappa shape index (κ2) is 8.45. The lowest BCUT2D eigenvalue weighted by atomic mass is 10.2. The van der Waals surface area contributed by atoms with Crippen LogP contribution in [0.15, 0.2) is 18.2 Å². The summed E-state index contributed by atoms with van der Waals surface area (Å²) in [6, 6.07) is 3.58. The Balaban J connectivity index is 2.18. The maximum Gasteiger partial charge on any atom is 0.221 e. The van der Waals surface area contributed by atoms with Gasteiger partial charge in [0.15, 0.2) is 11.6 Å². The van der Waals surface area contributed by atoms with Gasteiger partial charge in [-0.3, -0.25) is 4.79 Å². The summed E-state index contributed by atoms with van der Waals surface area (Å²) in [5.74, 6) is -1.81. The van der Waals surface area contributed by atoms with Gasteiger partial charge < -0.3 is 10.6 Å². The molecule has 106 valence electrons. The van der Waals surface area contributed by atoms with Crippen molar-refractivity contribution < 1.29 is 13.6 Å². The normalized spacial score (nSPS) is 10.3. The number of anilines is 1. The van der Waals surface area contributed by atoms with Crippen LogP contribution in [0.5, 0.6) is 0 Å². The first kappa shape index (κ1) is 15.4. The van der Waals surface area contributed by atoms with E-state index in [1.165, 1.54) is 6.07 Å². The van der Waals surface area contributed by atoms with Crippen molar-refractivity contribution in [2.45, 2.75) is 32.6 Å². The Labute approximate surface area is 112 Å². The van der Waals surface area contributed by atoms with Crippen LogP contribution in [0.1, 0.15) is 32.6 Å². The first-order valence-electron chi connectivity index (χ1n) is 6.59. The van der Waals surface area contributed by atoms with Gasteiger partial charge in [-0.15, -0.1) is 0 Å². The molecule has 0 unspecified atom stereocenters. The molecule has 1 amide bonds. The van der Waals surface area contributed by atoms with E-state index in [0.29, 0.717) is 25.2 Å². The lowest BCUT2D eigenvalue weighted by Crippen LogP contribution is -2.26. The third kappa shape index (κ3) is 6.18. The molecule has 19 heavy (non-hydrogen) atoms. The van der Waals surface area contributed by atoms with E-state index in [1.54, 1.807) is 0 Å². The van der Waals surface area contributed by atoms with Crippen LogP contribution in [-0.4, -0.2) is 19.0 Å². The molecule has 1 rings (SSSR count). The first-order chi connectivity index (χ1) is 9.13. The average Bonchev–Trinajstić information content (AvgIpc) is 2.39. The van der Waals surface area contributed by atoms with Crippen LogP contribution in [0.3, 0.4) is 0 Å². The number of benzene rings is 1. The number of halogens is 2. The zero-order valence-electron chi connectivity index (χ0n) is 11.1. The smallest absolute Gasteiger partial charge is 0.221 e. The van der Waals surface area contributed by atoms with Crippen LogP contribution < -0.4 is 10.6 Å². The molecule has 1 aromatic carbocycles. The summed E-state index contributed by atoms with van der Waals surface area (Å²) in [5, 5.41) is 5.69. The number of carbonyl (C=O) groups excluding carboxylic acids is 1. The minimum atomic E-state index is -0.894. The molecular formula is C14H20F2N2O. The van der Waals surface area contributed by atoms with Gasteiger partial charge in [-0.05, 0) is 24.6 Å². The second-order valence-corrected chi connectivity index (χ2v) is 4.36.